The zero-order valence-electron chi connectivity index (χ0n) is 10.5. The van der Waals surface area contributed by atoms with Crippen LogP contribution in [0.1, 0.15) is 29.3 Å². The van der Waals surface area contributed by atoms with Gasteiger partial charge in [0.1, 0.15) is 0 Å². The van der Waals surface area contributed by atoms with Crippen molar-refractivity contribution in [3.05, 3.63) is 29.3 Å². The average molecular weight is 281 g/mol. The van der Waals surface area contributed by atoms with Gasteiger partial charge in [0.2, 0.25) is 10.0 Å². The zero-order valence-corrected chi connectivity index (χ0v) is 11.3. The smallest absolute Gasteiger partial charge is 0.335 e. The minimum atomic E-state index is -3.74. The standard InChI is InChI=1S/C13H15NO4S/c1-3-5-8-14-19(17,18)12-9-11(13(15)16)7-6-10(12)4-2/h1,6-7,9,14H,4-5,8H2,2H3,(H,15,16). The van der Waals surface area contributed by atoms with E-state index in [0.29, 0.717) is 12.0 Å². The van der Waals surface area contributed by atoms with Crippen molar-refractivity contribution in [1.82, 2.24) is 4.72 Å². The molecule has 1 aromatic rings. The van der Waals surface area contributed by atoms with Gasteiger partial charge in [0.05, 0.1) is 10.5 Å². The van der Waals surface area contributed by atoms with Gasteiger partial charge in [-0.25, -0.2) is 17.9 Å². The molecule has 0 aromatic heterocycles. The van der Waals surface area contributed by atoms with Gasteiger partial charge in [-0.3, -0.25) is 0 Å². The summed E-state index contributed by atoms with van der Waals surface area (Å²) in [4.78, 5) is 10.9. The maximum Gasteiger partial charge on any atom is 0.335 e. The highest BCUT2D eigenvalue weighted by Crippen LogP contribution is 2.18. The number of carboxylic acid groups (broad SMARTS) is 1. The summed E-state index contributed by atoms with van der Waals surface area (Å²) in [5.41, 5.74) is 0.507. The molecule has 1 aromatic carbocycles. The van der Waals surface area contributed by atoms with Gasteiger partial charge < -0.3 is 5.11 Å². The molecule has 0 radical (unpaired) electrons. The number of carboxylic acids is 1. The first-order valence-corrected chi connectivity index (χ1v) is 7.20. The van der Waals surface area contributed by atoms with E-state index < -0.39 is 16.0 Å². The quantitative estimate of drug-likeness (QED) is 0.607. The number of carbonyl (C=O) groups is 1. The van der Waals surface area contributed by atoms with Crippen molar-refractivity contribution in [3.8, 4) is 12.3 Å². The molecule has 0 aliphatic heterocycles. The van der Waals surface area contributed by atoms with Crippen LogP contribution in [0.3, 0.4) is 0 Å². The minimum absolute atomic E-state index is 0.00748. The molecule has 0 heterocycles. The van der Waals surface area contributed by atoms with Crippen molar-refractivity contribution in [2.45, 2.75) is 24.7 Å². The molecule has 5 nitrogen and oxygen atoms in total. The molecule has 1 rings (SSSR count). The first kappa shape index (κ1) is 15.2. The largest absolute Gasteiger partial charge is 0.478 e. The van der Waals surface area contributed by atoms with E-state index in [9.17, 15) is 13.2 Å². The third-order valence-electron chi connectivity index (χ3n) is 2.55. The topological polar surface area (TPSA) is 83.5 Å². The molecule has 0 aliphatic carbocycles. The molecule has 19 heavy (non-hydrogen) atoms. The highest BCUT2D eigenvalue weighted by atomic mass is 32.2. The van der Waals surface area contributed by atoms with E-state index in [0.717, 1.165) is 0 Å². The lowest BCUT2D eigenvalue weighted by Gasteiger charge is -2.10. The van der Waals surface area contributed by atoms with Crippen LogP contribution in [0.5, 0.6) is 0 Å². The Hall–Kier alpha value is -1.84. The normalized spacial score (nSPS) is 10.9. The molecule has 0 spiro atoms. The molecular formula is C13H15NO4S. The van der Waals surface area contributed by atoms with E-state index >= 15 is 0 Å². The number of terminal acetylenes is 1. The number of aryl methyl sites for hydroxylation is 1. The number of rotatable bonds is 6. The molecule has 0 bridgehead atoms. The molecule has 0 amide bonds. The van der Waals surface area contributed by atoms with Crippen LogP contribution in [0.25, 0.3) is 0 Å². The van der Waals surface area contributed by atoms with Crippen molar-refractivity contribution in [1.29, 1.82) is 0 Å². The number of sulfonamides is 1. The number of aromatic carboxylic acids is 1. The molecule has 0 saturated heterocycles. The maximum atomic E-state index is 12.1. The van der Waals surface area contributed by atoms with Crippen LogP contribution >= 0.6 is 0 Å². The van der Waals surface area contributed by atoms with Gasteiger partial charge in [0, 0.05) is 13.0 Å². The monoisotopic (exact) mass is 281 g/mol. The Morgan fingerprint density at radius 2 is 2.16 bits per heavy atom. The lowest BCUT2D eigenvalue weighted by Crippen LogP contribution is -2.26. The van der Waals surface area contributed by atoms with Gasteiger partial charge in [-0.05, 0) is 24.1 Å². The Kier molecular flexibility index (Phi) is 5.10. The second-order valence-corrected chi connectivity index (χ2v) is 5.57. The predicted octanol–water partition coefficient (Wildman–Crippen LogP) is 1.25. The highest BCUT2D eigenvalue weighted by molar-refractivity contribution is 7.89. The summed E-state index contributed by atoms with van der Waals surface area (Å²) in [6, 6.07) is 4.07. The van der Waals surface area contributed by atoms with E-state index in [1.54, 1.807) is 6.92 Å². The van der Waals surface area contributed by atoms with Crippen LogP contribution < -0.4 is 4.72 Å². The fourth-order valence-corrected chi connectivity index (χ4v) is 2.93. The Labute approximate surface area is 112 Å². The fraction of sp³-hybridized carbons (Fsp3) is 0.308. The van der Waals surface area contributed by atoms with Crippen molar-refractivity contribution < 1.29 is 18.3 Å². The maximum absolute atomic E-state index is 12.1. The summed E-state index contributed by atoms with van der Waals surface area (Å²) in [6.07, 6.45) is 5.82. The number of benzene rings is 1. The molecular weight excluding hydrogens is 266 g/mol. The summed E-state index contributed by atoms with van der Waals surface area (Å²) in [7, 11) is -3.74. The third kappa shape index (κ3) is 3.81. The van der Waals surface area contributed by atoms with E-state index in [4.69, 9.17) is 11.5 Å². The number of hydrogen-bond donors (Lipinski definition) is 2. The average Bonchev–Trinajstić information content (AvgIpc) is 2.38. The highest BCUT2D eigenvalue weighted by Gasteiger charge is 2.19. The molecule has 0 fully saturated rings. The van der Waals surface area contributed by atoms with E-state index in [1.807, 2.05) is 0 Å². The van der Waals surface area contributed by atoms with Crippen LogP contribution in [0.15, 0.2) is 23.1 Å². The van der Waals surface area contributed by atoms with Crippen LogP contribution in [-0.2, 0) is 16.4 Å². The van der Waals surface area contributed by atoms with Gasteiger partial charge in [0.15, 0.2) is 0 Å². The predicted molar refractivity (Wildman–Crippen MR) is 71.4 cm³/mol. The zero-order chi connectivity index (χ0) is 14.5. The van der Waals surface area contributed by atoms with Gasteiger partial charge in [0.25, 0.3) is 0 Å². The number of hydrogen-bond acceptors (Lipinski definition) is 3. The van der Waals surface area contributed by atoms with Crippen molar-refractivity contribution in [2.24, 2.45) is 0 Å². The Bertz CT molecular complexity index is 614. The summed E-state index contributed by atoms with van der Waals surface area (Å²) >= 11 is 0. The minimum Gasteiger partial charge on any atom is -0.478 e. The molecule has 102 valence electrons. The van der Waals surface area contributed by atoms with Crippen molar-refractivity contribution in [2.75, 3.05) is 6.54 Å². The molecule has 6 heteroatoms. The lowest BCUT2D eigenvalue weighted by atomic mass is 10.1. The van der Waals surface area contributed by atoms with Gasteiger partial charge in [-0.15, -0.1) is 12.3 Å². The molecule has 0 saturated carbocycles. The Balaban J connectivity index is 3.19. The second-order valence-electron chi connectivity index (χ2n) is 3.83. The van der Waals surface area contributed by atoms with Gasteiger partial charge in [-0.1, -0.05) is 13.0 Å². The van der Waals surface area contributed by atoms with Gasteiger partial charge >= 0.3 is 5.97 Å². The first-order chi connectivity index (χ1) is 8.92. The summed E-state index contributed by atoms with van der Waals surface area (Å²) < 4.78 is 26.5. The van der Waals surface area contributed by atoms with Crippen LogP contribution in [0, 0.1) is 12.3 Å². The molecule has 0 atom stereocenters. The van der Waals surface area contributed by atoms with Crippen LogP contribution in [-0.4, -0.2) is 26.0 Å². The Morgan fingerprint density at radius 1 is 1.47 bits per heavy atom. The van der Waals surface area contributed by atoms with Crippen molar-refractivity contribution in [3.63, 3.8) is 0 Å². The molecule has 0 unspecified atom stereocenters. The fourth-order valence-electron chi connectivity index (χ4n) is 1.57. The second kappa shape index (κ2) is 6.36. The third-order valence-corrected chi connectivity index (χ3v) is 4.09. The van der Waals surface area contributed by atoms with Crippen LogP contribution in [0.2, 0.25) is 0 Å². The van der Waals surface area contributed by atoms with E-state index in [-0.39, 0.29) is 23.4 Å². The molecule has 2 N–H and O–H groups in total. The molecule has 0 aliphatic rings. The van der Waals surface area contributed by atoms with E-state index in [2.05, 4.69) is 10.6 Å². The van der Waals surface area contributed by atoms with Gasteiger partial charge in [-0.2, -0.15) is 0 Å². The Morgan fingerprint density at radius 3 is 2.68 bits per heavy atom. The van der Waals surface area contributed by atoms with Crippen LogP contribution in [0.4, 0.5) is 0 Å². The lowest BCUT2D eigenvalue weighted by molar-refractivity contribution is 0.0696. The summed E-state index contributed by atoms with van der Waals surface area (Å²) in [5.74, 6) is 1.16. The van der Waals surface area contributed by atoms with E-state index in [1.165, 1.54) is 18.2 Å². The summed E-state index contributed by atoms with van der Waals surface area (Å²) in [6.45, 7) is 1.93. The number of nitrogens with one attached hydrogen (secondary N) is 1. The first-order valence-electron chi connectivity index (χ1n) is 5.71. The van der Waals surface area contributed by atoms with Crippen molar-refractivity contribution >= 4 is 16.0 Å². The SMILES string of the molecule is C#CCCNS(=O)(=O)c1cc(C(=O)O)ccc1CC. The summed E-state index contributed by atoms with van der Waals surface area (Å²) in [5, 5.41) is 8.91.